The molecular weight excluding hydrogens is 230 g/mol. The third kappa shape index (κ3) is 6.45. The standard InChI is InChI=1S/C18H27N/c1-4-6-7-12-18(19-15-5-2)14-13-17-11-9-8-10-16(17)3/h1,8-11,18-19H,5-7,12-15H2,2-3H3. The minimum absolute atomic E-state index is 0.605. The van der Waals surface area contributed by atoms with Gasteiger partial charge >= 0.3 is 0 Å². The van der Waals surface area contributed by atoms with E-state index in [9.17, 15) is 0 Å². The van der Waals surface area contributed by atoms with Crippen molar-refractivity contribution in [2.24, 2.45) is 0 Å². The first-order valence-electron chi connectivity index (χ1n) is 7.49. The second kappa shape index (κ2) is 9.64. The molecule has 0 spiro atoms. The molecular formula is C18H27N. The molecule has 1 N–H and O–H groups in total. The van der Waals surface area contributed by atoms with Crippen molar-refractivity contribution in [3.05, 3.63) is 35.4 Å². The predicted octanol–water partition coefficient (Wildman–Crippen LogP) is 4.10. The van der Waals surface area contributed by atoms with Gasteiger partial charge in [0.25, 0.3) is 0 Å². The second-order valence-corrected chi connectivity index (χ2v) is 5.21. The highest BCUT2D eigenvalue weighted by molar-refractivity contribution is 5.25. The lowest BCUT2D eigenvalue weighted by molar-refractivity contribution is 0.444. The molecule has 1 atom stereocenters. The maximum atomic E-state index is 5.33. The van der Waals surface area contributed by atoms with Crippen molar-refractivity contribution in [2.45, 2.75) is 58.4 Å². The van der Waals surface area contributed by atoms with Crippen molar-refractivity contribution < 1.29 is 0 Å². The van der Waals surface area contributed by atoms with Crippen LogP contribution in [-0.4, -0.2) is 12.6 Å². The van der Waals surface area contributed by atoms with E-state index in [1.54, 1.807) is 0 Å². The Hall–Kier alpha value is -1.26. The van der Waals surface area contributed by atoms with Crippen molar-refractivity contribution in [2.75, 3.05) is 6.54 Å². The summed E-state index contributed by atoms with van der Waals surface area (Å²) >= 11 is 0. The number of aryl methyl sites for hydroxylation is 2. The van der Waals surface area contributed by atoms with Gasteiger partial charge in [-0.1, -0.05) is 31.2 Å². The molecule has 0 aromatic heterocycles. The van der Waals surface area contributed by atoms with Gasteiger partial charge in [-0.05, 0) is 56.7 Å². The number of hydrogen-bond donors (Lipinski definition) is 1. The molecule has 1 rings (SSSR count). The van der Waals surface area contributed by atoms with E-state index in [0.717, 1.165) is 25.8 Å². The number of nitrogens with one attached hydrogen (secondary N) is 1. The van der Waals surface area contributed by atoms with Crippen molar-refractivity contribution in [3.63, 3.8) is 0 Å². The van der Waals surface area contributed by atoms with Gasteiger partial charge in [0.2, 0.25) is 0 Å². The summed E-state index contributed by atoms with van der Waals surface area (Å²) in [5, 5.41) is 3.65. The van der Waals surface area contributed by atoms with E-state index < -0.39 is 0 Å². The van der Waals surface area contributed by atoms with E-state index in [1.165, 1.54) is 30.4 Å². The van der Waals surface area contributed by atoms with Crippen molar-refractivity contribution in [3.8, 4) is 12.3 Å². The van der Waals surface area contributed by atoms with Crippen LogP contribution in [0.25, 0.3) is 0 Å². The van der Waals surface area contributed by atoms with Crippen LogP contribution in [0, 0.1) is 19.3 Å². The fourth-order valence-electron chi connectivity index (χ4n) is 2.37. The number of benzene rings is 1. The lowest BCUT2D eigenvalue weighted by Gasteiger charge is -2.18. The Labute approximate surface area is 118 Å². The third-order valence-electron chi connectivity index (χ3n) is 3.58. The summed E-state index contributed by atoms with van der Waals surface area (Å²) in [7, 11) is 0. The summed E-state index contributed by atoms with van der Waals surface area (Å²) in [5.41, 5.74) is 2.88. The van der Waals surface area contributed by atoms with Gasteiger partial charge in [-0.25, -0.2) is 0 Å². The monoisotopic (exact) mass is 257 g/mol. The normalized spacial score (nSPS) is 12.1. The van der Waals surface area contributed by atoms with Gasteiger partial charge in [-0.2, -0.15) is 0 Å². The first kappa shape index (κ1) is 15.8. The molecule has 19 heavy (non-hydrogen) atoms. The van der Waals surface area contributed by atoms with E-state index in [0.29, 0.717) is 6.04 Å². The summed E-state index contributed by atoms with van der Waals surface area (Å²) in [4.78, 5) is 0. The molecule has 1 aromatic carbocycles. The second-order valence-electron chi connectivity index (χ2n) is 5.21. The minimum atomic E-state index is 0.605. The Balaban J connectivity index is 2.43. The van der Waals surface area contributed by atoms with Crippen LogP contribution in [0.3, 0.4) is 0 Å². The fraction of sp³-hybridized carbons (Fsp3) is 0.556. The van der Waals surface area contributed by atoms with Crippen LogP contribution < -0.4 is 5.32 Å². The van der Waals surface area contributed by atoms with E-state index in [2.05, 4.69) is 49.4 Å². The minimum Gasteiger partial charge on any atom is -0.314 e. The predicted molar refractivity (Wildman–Crippen MR) is 84.3 cm³/mol. The quantitative estimate of drug-likeness (QED) is 0.519. The average molecular weight is 257 g/mol. The van der Waals surface area contributed by atoms with Crippen LogP contribution in [0.15, 0.2) is 24.3 Å². The SMILES string of the molecule is C#CCCCC(CCc1ccccc1C)NCCC. The van der Waals surface area contributed by atoms with Gasteiger partial charge in [0.1, 0.15) is 0 Å². The highest BCUT2D eigenvalue weighted by atomic mass is 14.9. The molecule has 0 saturated heterocycles. The molecule has 0 aliphatic rings. The van der Waals surface area contributed by atoms with Gasteiger partial charge in [0, 0.05) is 12.5 Å². The summed E-state index contributed by atoms with van der Waals surface area (Å²) in [6, 6.07) is 9.29. The molecule has 1 aromatic rings. The van der Waals surface area contributed by atoms with Crippen LogP contribution in [0.2, 0.25) is 0 Å². The lowest BCUT2D eigenvalue weighted by atomic mass is 9.98. The summed E-state index contributed by atoms with van der Waals surface area (Å²) in [5.74, 6) is 2.73. The average Bonchev–Trinajstić information content (AvgIpc) is 2.43. The highest BCUT2D eigenvalue weighted by Gasteiger charge is 2.08. The molecule has 0 aliphatic heterocycles. The smallest absolute Gasteiger partial charge is 0.00866 e. The van der Waals surface area contributed by atoms with Gasteiger partial charge in [0.15, 0.2) is 0 Å². The van der Waals surface area contributed by atoms with Gasteiger partial charge in [-0.15, -0.1) is 12.3 Å². The van der Waals surface area contributed by atoms with Crippen molar-refractivity contribution in [1.82, 2.24) is 5.32 Å². The number of terminal acetylenes is 1. The molecule has 104 valence electrons. The fourth-order valence-corrected chi connectivity index (χ4v) is 2.37. The van der Waals surface area contributed by atoms with Crippen LogP contribution >= 0.6 is 0 Å². The first-order chi connectivity index (χ1) is 9.27. The van der Waals surface area contributed by atoms with E-state index in [4.69, 9.17) is 6.42 Å². The molecule has 1 unspecified atom stereocenters. The van der Waals surface area contributed by atoms with Crippen molar-refractivity contribution in [1.29, 1.82) is 0 Å². The molecule has 1 heteroatoms. The Morgan fingerprint density at radius 1 is 1.26 bits per heavy atom. The zero-order chi connectivity index (χ0) is 13.9. The molecule has 0 bridgehead atoms. The van der Waals surface area contributed by atoms with Gasteiger partial charge in [-0.3, -0.25) is 0 Å². The maximum absolute atomic E-state index is 5.33. The Morgan fingerprint density at radius 3 is 2.74 bits per heavy atom. The molecule has 0 radical (unpaired) electrons. The summed E-state index contributed by atoms with van der Waals surface area (Å²) in [6.07, 6.45) is 12.1. The summed E-state index contributed by atoms with van der Waals surface area (Å²) < 4.78 is 0. The topological polar surface area (TPSA) is 12.0 Å². The zero-order valence-electron chi connectivity index (χ0n) is 12.4. The number of rotatable bonds is 9. The molecule has 0 fully saturated rings. The third-order valence-corrected chi connectivity index (χ3v) is 3.58. The molecule has 1 nitrogen and oxygen atoms in total. The summed E-state index contributed by atoms with van der Waals surface area (Å²) in [6.45, 7) is 5.52. The number of unbranched alkanes of at least 4 members (excludes halogenated alkanes) is 1. The molecule has 0 saturated carbocycles. The first-order valence-corrected chi connectivity index (χ1v) is 7.49. The molecule has 0 amide bonds. The van der Waals surface area contributed by atoms with Crippen molar-refractivity contribution >= 4 is 0 Å². The Kier molecular flexibility index (Phi) is 8.02. The van der Waals surface area contributed by atoms with E-state index in [1.807, 2.05) is 0 Å². The Morgan fingerprint density at radius 2 is 2.05 bits per heavy atom. The van der Waals surface area contributed by atoms with Crippen LogP contribution in [0.5, 0.6) is 0 Å². The molecule has 0 heterocycles. The van der Waals surface area contributed by atoms with Crippen LogP contribution in [-0.2, 0) is 6.42 Å². The number of hydrogen-bond acceptors (Lipinski definition) is 1. The van der Waals surface area contributed by atoms with Gasteiger partial charge < -0.3 is 5.32 Å². The van der Waals surface area contributed by atoms with E-state index >= 15 is 0 Å². The lowest BCUT2D eigenvalue weighted by Crippen LogP contribution is -2.30. The van der Waals surface area contributed by atoms with E-state index in [-0.39, 0.29) is 0 Å². The zero-order valence-corrected chi connectivity index (χ0v) is 12.4. The van der Waals surface area contributed by atoms with Crippen LogP contribution in [0.4, 0.5) is 0 Å². The highest BCUT2D eigenvalue weighted by Crippen LogP contribution is 2.13. The largest absolute Gasteiger partial charge is 0.314 e. The molecule has 0 aliphatic carbocycles. The maximum Gasteiger partial charge on any atom is 0.00866 e. The Bertz CT molecular complexity index is 389. The van der Waals surface area contributed by atoms with Crippen LogP contribution in [0.1, 0.15) is 50.2 Å². The van der Waals surface area contributed by atoms with Gasteiger partial charge in [0.05, 0.1) is 0 Å².